The second-order valence-electron chi connectivity index (χ2n) is 5.98. The van der Waals surface area contributed by atoms with Crippen molar-refractivity contribution in [2.45, 2.75) is 58.8 Å². The van der Waals surface area contributed by atoms with E-state index in [0.29, 0.717) is 5.84 Å². The molecule has 1 aliphatic carbocycles. The van der Waals surface area contributed by atoms with Crippen LogP contribution in [0.3, 0.4) is 0 Å². The van der Waals surface area contributed by atoms with E-state index in [9.17, 15) is 0 Å². The highest BCUT2D eigenvalue weighted by molar-refractivity contribution is 5.82. The van der Waals surface area contributed by atoms with Gasteiger partial charge in [-0.1, -0.05) is 33.1 Å². The molecule has 0 saturated heterocycles. The molecule has 0 spiro atoms. The lowest BCUT2D eigenvalue weighted by molar-refractivity contribution is 0.0969. The molecule has 0 atom stereocenters. The Morgan fingerprint density at radius 2 is 1.94 bits per heavy atom. The maximum Gasteiger partial charge on any atom is 0.0963 e. The highest BCUT2D eigenvalue weighted by Gasteiger charge is 2.20. The standard InChI is InChI=1S/C14H28N2O/c1-14(2,13(15)16)9-5-6-10-17-11-12-7-3-4-8-12/h12H,3-11H2,1-2H3,(H3,15,16). The summed E-state index contributed by atoms with van der Waals surface area (Å²) in [6.07, 6.45) is 8.66. The number of amidine groups is 1. The lowest BCUT2D eigenvalue weighted by Gasteiger charge is -2.22. The van der Waals surface area contributed by atoms with Crippen molar-refractivity contribution in [2.24, 2.45) is 17.1 Å². The van der Waals surface area contributed by atoms with Crippen LogP contribution in [-0.4, -0.2) is 19.0 Å². The van der Waals surface area contributed by atoms with Crippen molar-refractivity contribution in [3.8, 4) is 0 Å². The van der Waals surface area contributed by atoms with Crippen molar-refractivity contribution < 1.29 is 4.74 Å². The Hall–Kier alpha value is -0.570. The van der Waals surface area contributed by atoms with Crippen LogP contribution in [0.5, 0.6) is 0 Å². The zero-order chi connectivity index (χ0) is 12.7. The number of rotatable bonds is 8. The molecule has 1 rings (SSSR count). The van der Waals surface area contributed by atoms with Crippen molar-refractivity contribution >= 4 is 5.84 Å². The summed E-state index contributed by atoms with van der Waals surface area (Å²) in [6.45, 7) is 5.89. The molecule has 1 saturated carbocycles. The fraction of sp³-hybridized carbons (Fsp3) is 0.929. The van der Waals surface area contributed by atoms with Crippen molar-refractivity contribution in [1.82, 2.24) is 0 Å². The highest BCUT2D eigenvalue weighted by Crippen LogP contribution is 2.25. The molecule has 0 amide bonds. The van der Waals surface area contributed by atoms with Gasteiger partial charge in [0, 0.05) is 18.6 Å². The number of unbranched alkanes of at least 4 members (excludes halogenated alkanes) is 1. The Bertz CT molecular complexity index is 232. The van der Waals surface area contributed by atoms with Gasteiger partial charge in [0.1, 0.15) is 0 Å². The van der Waals surface area contributed by atoms with Gasteiger partial charge in [-0.2, -0.15) is 0 Å². The van der Waals surface area contributed by atoms with Crippen LogP contribution in [0, 0.1) is 16.7 Å². The first-order valence-corrected chi connectivity index (χ1v) is 6.94. The summed E-state index contributed by atoms with van der Waals surface area (Å²) < 4.78 is 5.71. The van der Waals surface area contributed by atoms with Crippen LogP contribution in [0.4, 0.5) is 0 Å². The van der Waals surface area contributed by atoms with Gasteiger partial charge in [-0.15, -0.1) is 0 Å². The molecule has 0 aromatic heterocycles. The number of hydrogen-bond acceptors (Lipinski definition) is 2. The minimum Gasteiger partial charge on any atom is -0.387 e. The van der Waals surface area contributed by atoms with E-state index in [1.165, 1.54) is 25.7 Å². The lowest BCUT2D eigenvalue weighted by atomic mass is 9.86. The number of nitrogens with two attached hydrogens (primary N) is 1. The molecule has 1 fully saturated rings. The fourth-order valence-electron chi connectivity index (χ4n) is 2.33. The predicted octanol–water partition coefficient (Wildman–Crippen LogP) is 3.33. The third kappa shape index (κ3) is 5.53. The van der Waals surface area contributed by atoms with Crippen LogP contribution in [0.2, 0.25) is 0 Å². The molecule has 3 nitrogen and oxygen atoms in total. The third-order valence-electron chi connectivity index (χ3n) is 3.90. The first-order valence-electron chi connectivity index (χ1n) is 6.94. The molecule has 3 heteroatoms. The smallest absolute Gasteiger partial charge is 0.0963 e. The van der Waals surface area contributed by atoms with E-state index in [2.05, 4.69) is 0 Å². The van der Waals surface area contributed by atoms with Gasteiger partial charge in [0.05, 0.1) is 5.84 Å². The van der Waals surface area contributed by atoms with Gasteiger partial charge in [-0.05, 0) is 31.6 Å². The van der Waals surface area contributed by atoms with Gasteiger partial charge >= 0.3 is 0 Å². The molecule has 0 aromatic rings. The lowest BCUT2D eigenvalue weighted by Crippen LogP contribution is -2.30. The van der Waals surface area contributed by atoms with E-state index in [4.69, 9.17) is 15.9 Å². The molecule has 100 valence electrons. The molecular weight excluding hydrogens is 212 g/mol. The van der Waals surface area contributed by atoms with Crippen LogP contribution < -0.4 is 5.73 Å². The maximum absolute atomic E-state index is 7.47. The van der Waals surface area contributed by atoms with E-state index < -0.39 is 0 Å². The predicted molar refractivity (Wildman–Crippen MR) is 72.3 cm³/mol. The van der Waals surface area contributed by atoms with Crippen LogP contribution in [0.1, 0.15) is 58.8 Å². The average Bonchev–Trinajstić information content (AvgIpc) is 2.75. The average molecular weight is 240 g/mol. The van der Waals surface area contributed by atoms with E-state index >= 15 is 0 Å². The quantitative estimate of drug-likeness (QED) is 0.388. The van der Waals surface area contributed by atoms with Crippen LogP contribution in [0.15, 0.2) is 0 Å². The monoisotopic (exact) mass is 240 g/mol. The molecule has 0 aromatic carbocycles. The second-order valence-corrected chi connectivity index (χ2v) is 5.98. The van der Waals surface area contributed by atoms with Crippen LogP contribution in [-0.2, 0) is 4.74 Å². The Morgan fingerprint density at radius 3 is 2.53 bits per heavy atom. The van der Waals surface area contributed by atoms with Gasteiger partial charge in [0.25, 0.3) is 0 Å². The Kier molecular flexibility index (Phi) is 5.96. The second kappa shape index (κ2) is 7.00. The van der Waals surface area contributed by atoms with Crippen LogP contribution in [0.25, 0.3) is 0 Å². The van der Waals surface area contributed by atoms with E-state index in [-0.39, 0.29) is 5.41 Å². The first-order chi connectivity index (χ1) is 8.02. The summed E-state index contributed by atoms with van der Waals surface area (Å²) in [5.41, 5.74) is 5.40. The summed E-state index contributed by atoms with van der Waals surface area (Å²) in [5.74, 6) is 1.12. The molecule has 0 aliphatic heterocycles. The number of ether oxygens (including phenoxy) is 1. The van der Waals surface area contributed by atoms with Crippen molar-refractivity contribution in [3.63, 3.8) is 0 Å². The van der Waals surface area contributed by atoms with Gasteiger partial charge in [-0.25, -0.2) is 0 Å². The van der Waals surface area contributed by atoms with Gasteiger partial charge in [0.15, 0.2) is 0 Å². The molecule has 0 unspecified atom stereocenters. The minimum absolute atomic E-state index is 0.147. The molecule has 0 heterocycles. The van der Waals surface area contributed by atoms with Gasteiger partial charge < -0.3 is 10.5 Å². The van der Waals surface area contributed by atoms with Crippen LogP contribution >= 0.6 is 0 Å². The zero-order valence-electron chi connectivity index (χ0n) is 11.4. The van der Waals surface area contributed by atoms with E-state index in [0.717, 1.165) is 38.4 Å². The van der Waals surface area contributed by atoms with Gasteiger partial charge in [0.2, 0.25) is 0 Å². The number of hydrogen-bond donors (Lipinski definition) is 2. The summed E-state index contributed by atoms with van der Waals surface area (Å²) >= 11 is 0. The third-order valence-corrected chi connectivity index (χ3v) is 3.90. The Balaban J connectivity index is 1.95. The molecule has 1 aliphatic rings. The molecule has 3 N–H and O–H groups in total. The molecule has 17 heavy (non-hydrogen) atoms. The highest BCUT2D eigenvalue weighted by atomic mass is 16.5. The Labute approximate surface area is 106 Å². The topological polar surface area (TPSA) is 59.1 Å². The minimum atomic E-state index is -0.147. The molecular formula is C14H28N2O. The normalized spacial score (nSPS) is 17.5. The van der Waals surface area contributed by atoms with Crippen molar-refractivity contribution in [2.75, 3.05) is 13.2 Å². The summed E-state index contributed by atoms with van der Waals surface area (Å²) in [6, 6.07) is 0. The fourth-order valence-corrected chi connectivity index (χ4v) is 2.33. The van der Waals surface area contributed by atoms with E-state index in [1.54, 1.807) is 0 Å². The Morgan fingerprint density at radius 1 is 1.29 bits per heavy atom. The number of nitrogens with one attached hydrogen (secondary N) is 1. The zero-order valence-corrected chi connectivity index (χ0v) is 11.4. The first kappa shape index (κ1) is 14.5. The molecule has 0 bridgehead atoms. The summed E-state index contributed by atoms with van der Waals surface area (Å²) in [4.78, 5) is 0. The van der Waals surface area contributed by atoms with E-state index in [1.807, 2.05) is 13.8 Å². The largest absolute Gasteiger partial charge is 0.387 e. The van der Waals surface area contributed by atoms with Gasteiger partial charge in [-0.3, -0.25) is 5.41 Å². The maximum atomic E-state index is 7.47. The summed E-state index contributed by atoms with van der Waals surface area (Å²) in [7, 11) is 0. The SMILES string of the molecule is CC(C)(CCCCOCC1CCCC1)C(=N)N. The van der Waals surface area contributed by atoms with Crippen molar-refractivity contribution in [1.29, 1.82) is 5.41 Å². The summed E-state index contributed by atoms with van der Waals surface area (Å²) in [5, 5.41) is 7.47. The molecule has 0 radical (unpaired) electrons. The van der Waals surface area contributed by atoms with Crippen molar-refractivity contribution in [3.05, 3.63) is 0 Å².